The molecule has 0 aliphatic rings. The Bertz CT molecular complexity index is 1300. The van der Waals surface area contributed by atoms with Crippen LogP contribution in [0.3, 0.4) is 0 Å². The number of aromatic nitrogens is 4. The highest BCUT2D eigenvalue weighted by Crippen LogP contribution is 2.38. The maximum Gasteiger partial charge on any atom is 0.231 e. The lowest BCUT2D eigenvalue weighted by Crippen LogP contribution is -2.20. The van der Waals surface area contributed by atoms with Gasteiger partial charge in [0.2, 0.25) is 5.95 Å². The van der Waals surface area contributed by atoms with Crippen LogP contribution in [0.1, 0.15) is 19.4 Å². The van der Waals surface area contributed by atoms with Crippen LogP contribution in [-0.2, 0) is 11.3 Å². The SMILES string of the molecule is CCOCc1cc(Cl)c(N(CC)c2nc(-c3c(F)cccc3OC)c3[nH]ncc3n2)cc1F. The van der Waals surface area contributed by atoms with Crippen molar-refractivity contribution in [3.8, 4) is 17.0 Å². The number of hydrogen-bond acceptors (Lipinski definition) is 6. The molecule has 2 aromatic carbocycles. The van der Waals surface area contributed by atoms with Gasteiger partial charge in [-0.25, -0.2) is 18.7 Å². The third-order valence-corrected chi connectivity index (χ3v) is 5.45. The van der Waals surface area contributed by atoms with E-state index in [0.717, 1.165) is 0 Å². The molecule has 0 atom stereocenters. The molecular weight excluding hydrogens is 452 g/mol. The number of rotatable bonds is 8. The molecule has 0 bridgehead atoms. The summed E-state index contributed by atoms with van der Waals surface area (Å²) in [6.07, 6.45) is 1.51. The van der Waals surface area contributed by atoms with Crippen molar-refractivity contribution in [1.29, 1.82) is 0 Å². The largest absolute Gasteiger partial charge is 0.496 e. The molecule has 0 amide bonds. The Morgan fingerprint density at radius 3 is 2.67 bits per heavy atom. The van der Waals surface area contributed by atoms with Gasteiger partial charge in [0.1, 0.15) is 34.1 Å². The fourth-order valence-corrected chi connectivity index (χ4v) is 3.85. The predicted molar refractivity (Wildman–Crippen MR) is 123 cm³/mol. The molecule has 10 heteroatoms. The summed E-state index contributed by atoms with van der Waals surface area (Å²) in [4.78, 5) is 10.8. The van der Waals surface area contributed by atoms with E-state index in [1.54, 1.807) is 17.0 Å². The van der Waals surface area contributed by atoms with Crippen LogP contribution in [0, 0.1) is 11.6 Å². The lowest BCUT2D eigenvalue weighted by molar-refractivity contribution is 0.131. The predicted octanol–water partition coefficient (Wildman–Crippen LogP) is 5.65. The summed E-state index contributed by atoms with van der Waals surface area (Å²) in [5, 5.41) is 7.17. The number of benzene rings is 2. The molecule has 172 valence electrons. The van der Waals surface area contributed by atoms with E-state index in [-0.39, 0.29) is 23.8 Å². The Balaban J connectivity index is 1.88. The monoisotopic (exact) mass is 473 g/mol. The van der Waals surface area contributed by atoms with Gasteiger partial charge in [0.15, 0.2) is 0 Å². The lowest BCUT2D eigenvalue weighted by atomic mass is 10.1. The van der Waals surface area contributed by atoms with E-state index < -0.39 is 11.6 Å². The Labute approximate surface area is 194 Å². The molecule has 0 saturated carbocycles. The first-order valence-corrected chi connectivity index (χ1v) is 10.7. The summed E-state index contributed by atoms with van der Waals surface area (Å²) in [7, 11) is 1.45. The minimum absolute atomic E-state index is 0.114. The van der Waals surface area contributed by atoms with Gasteiger partial charge in [0.05, 0.1) is 36.2 Å². The van der Waals surface area contributed by atoms with E-state index in [0.29, 0.717) is 46.2 Å². The molecule has 0 unspecified atom stereocenters. The third-order valence-electron chi connectivity index (χ3n) is 5.15. The van der Waals surface area contributed by atoms with Gasteiger partial charge in [0, 0.05) is 18.7 Å². The fraction of sp³-hybridized carbons (Fsp3) is 0.261. The van der Waals surface area contributed by atoms with E-state index >= 15 is 0 Å². The standard InChI is InChI=1S/C23H22ClF2N5O2/c1-4-31(18-10-16(26)13(9-14(18)24)12-33-5-2)23-28-17-11-27-30-21(17)22(29-23)20-15(25)7-6-8-19(20)32-3/h6-11H,4-5,12H2,1-3H3,(H,27,30). The summed E-state index contributed by atoms with van der Waals surface area (Å²) in [5.74, 6) is -0.447. The first-order valence-electron chi connectivity index (χ1n) is 10.4. The maximum absolute atomic E-state index is 14.9. The average molecular weight is 474 g/mol. The van der Waals surface area contributed by atoms with Gasteiger partial charge < -0.3 is 14.4 Å². The number of H-pyrrole nitrogens is 1. The van der Waals surface area contributed by atoms with Crippen LogP contribution < -0.4 is 9.64 Å². The number of ether oxygens (including phenoxy) is 2. The Kier molecular flexibility index (Phi) is 6.71. The van der Waals surface area contributed by atoms with Gasteiger partial charge in [-0.05, 0) is 38.1 Å². The van der Waals surface area contributed by atoms with Gasteiger partial charge in [-0.15, -0.1) is 0 Å². The van der Waals surface area contributed by atoms with Gasteiger partial charge >= 0.3 is 0 Å². The van der Waals surface area contributed by atoms with E-state index in [4.69, 9.17) is 21.1 Å². The van der Waals surface area contributed by atoms with Crippen LogP contribution in [0.2, 0.25) is 5.02 Å². The number of nitrogens with one attached hydrogen (secondary N) is 1. The molecule has 2 aromatic heterocycles. The summed E-state index contributed by atoms with van der Waals surface area (Å²) >= 11 is 6.51. The van der Waals surface area contributed by atoms with Crippen molar-refractivity contribution in [2.45, 2.75) is 20.5 Å². The molecule has 2 heterocycles. The zero-order chi connectivity index (χ0) is 23.5. The zero-order valence-corrected chi connectivity index (χ0v) is 19.1. The number of fused-ring (bicyclic) bond motifs is 1. The third kappa shape index (κ3) is 4.34. The highest BCUT2D eigenvalue weighted by Gasteiger charge is 2.23. The number of halogens is 3. The van der Waals surface area contributed by atoms with Gasteiger partial charge in [-0.2, -0.15) is 5.10 Å². The van der Waals surface area contributed by atoms with E-state index in [2.05, 4.69) is 20.2 Å². The molecule has 0 aliphatic carbocycles. The molecule has 0 spiro atoms. The molecule has 0 radical (unpaired) electrons. The molecule has 1 N–H and O–H groups in total. The van der Waals surface area contributed by atoms with E-state index in [1.807, 2.05) is 13.8 Å². The quantitative estimate of drug-likeness (QED) is 0.356. The van der Waals surface area contributed by atoms with Crippen molar-refractivity contribution < 1.29 is 18.3 Å². The second kappa shape index (κ2) is 9.68. The van der Waals surface area contributed by atoms with Gasteiger partial charge in [-0.1, -0.05) is 17.7 Å². The molecule has 4 aromatic rings. The highest BCUT2D eigenvalue weighted by molar-refractivity contribution is 6.33. The van der Waals surface area contributed by atoms with E-state index in [1.165, 1.54) is 31.5 Å². The van der Waals surface area contributed by atoms with Crippen LogP contribution in [-0.4, -0.2) is 40.4 Å². The van der Waals surface area contributed by atoms with Crippen LogP contribution >= 0.6 is 11.6 Å². The molecule has 7 nitrogen and oxygen atoms in total. The molecule has 4 rings (SSSR count). The smallest absolute Gasteiger partial charge is 0.231 e. The normalized spacial score (nSPS) is 11.2. The first-order chi connectivity index (χ1) is 16.0. The second-order valence-electron chi connectivity index (χ2n) is 7.10. The second-order valence-corrected chi connectivity index (χ2v) is 7.50. The number of aromatic amines is 1. The Hall–Kier alpha value is -3.30. The minimum Gasteiger partial charge on any atom is -0.496 e. The van der Waals surface area contributed by atoms with Gasteiger partial charge in [-0.3, -0.25) is 5.10 Å². The summed E-state index contributed by atoms with van der Waals surface area (Å²) in [5.41, 5.74) is 2.07. The van der Waals surface area contributed by atoms with Crippen molar-refractivity contribution in [3.63, 3.8) is 0 Å². The zero-order valence-electron chi connectivity index (χ0n) is 18.3. The number of anilines is 2. The minimum atomic E-state index is -0.512. The summed E-state index contributed by atoms with van der Waals surface area (Å²) in [6.45, 7) is 4.64. The van der Waals surface area contributed by atoms with E-state index in [9.17, 15) is 8.78 Å². The van der Waals surface area contributed by atoms with Crippen molar-refractivity contribution in [3.05, 3.63) is 58.7 Å². The summed E-state index contributed by atoms with van der Waals surface area (Å²) < 4.78 is 40.3. The molecule has 0 fully saturated rings. The van der Waals surface area contributed by atoms with Crippen molar-refractivity contribution >= 4 is 34.3 Å². The van der Waals surface area contributed by atoms with Crippen molar-refractivity contribution in [2.24, 2.45) is 0 Å². The molecule has 0 aliphatic heterocycles. The maximum atomic E-state index is 14.9. The van der Waals surface area contributed by atoms with Crippen LogP contribution in [0.5, 0.6) is 5.75 Å². The van der Waals surface area contributed by atoms with Crippen LogP contribution in [0.15, 0.2) is 36.5 Å². The van der Waals surface area contributed by atoms with Crippen LogP contribution in [0.25, 0.3) is 22.3 Å². The average Bonchev–Trinajstić information content (AvgIpc) is 3.29. The van der Waals surface area contributed by atoms with Crippen molar-refractivity contribution in [1.82, 2.24) is 20.2 Å². The topological polar surface area (TPSA) is 76.2 Å². The molecule has 33 heavy (non-hydrogen) atoms. The molecular formula is C23H22ClF2N5O2. The Morgan fingerprint density at radius 1 is 1.12 bits per heavy atom. The highest BCUT2D eigenvalue weighted by atomic mass is 35.5. The first kappa shape index (κ1) is 22.9. The number of nitrogens with zero attached hydrogens (tertiary/aromatic N) is 4. The van der Waals surface area contributed by atoms with Gasteiger partial charge in [0.25, 0.3) is 0 Å². The fourth-order valence-electron chi connectivity index (χ4n) is 3.56. The number of hydrogen-bond donors (Lipinski definition) is 1. The number of methoxy groups -OCH3 is 1. The van der Waals surface area contributed by atoms with Crippen molar-refractivity contribution in [2.75, 3.05) is 25.2 Å². The summed E-state index contributed by atoms with van der Waals surface area (Å²) in [6, 6.07) is 7.37. The van der Waals surface area contributed by atoms with Crippen LogP contribution in [0.4, 0.5) is 20.4 Å². The molecule has 0 saturated heterocycles. The Morgan fingerprint density at radius 2 is 1.94 bits per heavy atom. The lowest BCUT2D eigenvalue weighted by Gasteiger charge is -2.23.